The minimum Gasteiger partial charge on any atom is -0.396 e. The minimum atomic E-state index is -0.433. The van der Waals surface area contributed by atoms with Gasteiger partial charge in [-0.3, -0.25) is 0 Å². The number of aliphatic hydroxyl groups excluding tert-OH is 2. The second kappa shape index (κ2) is 4.87. The van der Waals surface area contributed by atoms with Gasteiger partial charge in [-0.1, -0.05) is 13.8 Å². The summed E-state index contributed by atoms with van der Waals surface area (Å²) in [6, 6.07) is 0. The van der Waals surface area contributed by atoms with Crippen LogP contribution in [-0.2, 0) is 6.42 Å². The topological polar surface area (TPSA) is 53.4 Å². The van der Waals surface area contributed by atoms with Crippen LogP contribution >= 0.6 is 11.3 Å². The summed E-state index contributed by atoms with van der Waals surface area (Å²) in [5.41, 5.74) is -0.433. The lowest BCUT2D eigenvalue weighted by Crippen LogP contribution is -2.37. The molecular formula is C10H17NO2S. The number of aliphatic hydroxyl groups is 2. The normalized spacial score (nSPS) is 12.4. The third-order valence-corrected chi connectivity index (χ3v) is 3.62. The second-order valence-electron chi connectivity index (χ2n) is 3.94. The van der Waals surface area contributed by atoms with Crippen molar-refractivity contribution in [1.29, 1.82) is 0 Å². The first-order valence-corrected chi connectivity index (χ1v) is 5.62. The molecule has 1 rings (SSSR count). The van der Waals surface area contributed by atoms with Crippen LogP contribution in [0.5, 0.6) is 0 Å². The van der Waals surface area contributed by atoms with Crippen LogP contribution in [0.4, 0.5) is 0 Å². The molecule has 3 nitrogen and oxygen atoms in total. The highest BCUT2D eigenvalue weighted by atomic mass is 32.1. The Morgan fingerprint density at radius 1 is 1.43 bits per heavy atom. The molecule has 0 aliphatic rings. The maximum Gasteiger partial charge on any atom is 0.0932 e. The highest BCUT2D eigenvalue weighted by molar-refractivity contribution is 7.09. The summed E-state index contributed by atoms with van der Waals surface area (Å²) in [4.78, 5) is 4.18. The lowest BCUT2D eigenvalue weighted by atomic mass is 9.76. The molecule has 0 aliphatic carbocycles. The van der Waals surface area contributed by atoms with Crippen molar-refractivity contribution >= 4 is 11.3 Å². The van der Waals surface area contributed by atoms with Crippen LogP contribution in [-0.4, -0.2) is 28.4 Å². The van der Waals surface area contributed by atoms with Crippen LogP contribution in [0.15, 0.2) is 11.6 Å². The molecule has 0 aromatic carbocycles. The average molecular weight is 215 g/mol. The summed E-state index contributed by atoms with van der Waals surface area (Å²) >= 11 is 1.56. The van der Waals surface area contributed by atoms with Crippen LogP contribution in [0.1, 0.15) is 18.9 Å². The molecular weight excluding hydrogens is 198 g/mol. The van der Waals surface area contributed by atoms with E-state index >= 15 is 0 Å². The van der Waals surface area contributed by atoms with Gasteiger partial charge in [0.25, 0.3) is 0 Å². The first-order chi connectivity index (χ1) is 6.64. The van der Waals surface area contributed by atoms with E-state index in [9.17, 15) is 10.2 Å². The fourth-order valence-corrected chi connectivity index (χ4v) is 2.14. The standard InChI is InChI=1S/C10H17NO2S/c1-8(2)10(6-12,7-13)5-9-11-3-4-14-9/h3-4,8,12-13H,5-7H2,1-2H3. The van der Waals surface area contributed by atoms with Crippen LogP contribution in [0.2, 0.25) is 0 Å². The molecule has 0 saturated heterocycles. The quantitative estimate of drug-likeness (QED) is 0.778. The van der Waals surface area contributed by atoms with E-state index in [-0.39, 0.29) is 19.1 Å². The number of hydrogen-bond donors (Lipinski definition) is 2. The van der Waals surface area contributed by atoms with Crippen molar-refractivity contribution in [2.45, 2.75) is 20.3 Å². The van der Waals surface area contributed by atoms with E-state index in [0.717, 1.165) is 5.01 Å². The van der Waals surface area contributed by atoms with Gasteiger partial charge in [0.15, 0.2) is 0 Å². The Morgan fingerprint density at radius 3 is 2.43 bits per heavy atom. The molecule has 1 aromatic heterocycles. The van der Waals surface area contributed by atoms with Crippen molar-refractivity contribution in [3.63, 3.8) is 0 Å². The monoisotopic (exact) mass is 215 g/mol. The molecule has 0 unspecified atom stereocenters. The molecule has 14 heavy (non-hydrogen) atoms. The summed E-state index contributed by atoms with van der Waals surface area (Å²) in [6.07, 6.45) is 2.40. The lowest BCUT2D eigenvalue weighted by molar-refractivity contribution is 0.0163. The minimum absolute atomic E-state index is 0.000741. The Morgan fingerprint density at radius 2 is 2.07 bits per heavy atom. The van der Waals surface area contributed by atoms with E-state index in [4.69, 9.17) is 0 Å². The highest BCUT2D eigenvalue weighted by Crippen LogP contribution is 2.31. The van der Waals surface area contributed by atoms with Crippen molar-refractivity contribution in [2.75, 3.05) is 13.2 Å². The molecule has 80 valence electrons. The highest BCUT2D eigenvalue weighted by Gasteiger charge is 2.33. The molecule has 0 saturated carbocycles. The average Bonchev–Trinajstić information content (AvgIpc) is 2.66. The molecule has 1 heterocycles. The van der Waals surface area contributed by atoms with Gasteiger partial charge in [0.05, 0.1) is 18.2 Å². The maximum absolute atomic E-state index is 9.36. The van der Waals surface area contributed by atoms with E-state index in [2.05, 4.69) is 4.98 Å². The molecule has 0 spiro atoms. The van der Waals surface area contributed by atoms with Gasteiger partial charge in [-0.25, -0.2) is 4.98 Å². The zero-order valence-electron chi connectivity index (χ0n) is 8.60. The summed E-state index contributed by atoms with van der Waals surface area (Å²) in [5, 5.41) is 21.6. The Hall–Kier alpha value is -0.450. The van der Waals surface area contributed by atoms with Gasteiger partial charge in [-0.2, -0.15) is 0 Å². The van der Waals surface area contributed by atoms with E-state index in [0.29, 0.717) is 6.42 Å². The molecule has 0 bridgehead atoms. The predicted molar refractivity (Wildman–Crippen MR) is 57.3 cm³/mol. The first kappa shape index (κ1) is 11.6. The van der Waals surface area contributed by atoms with Gasteiger partial charge in [0.1, 0.15) is 0 Å². The zero-order valence-corrected chi connectivity index (χ0v) is 9.42. The van der Waals surface area contributed by atoms with Crippen molar-refractivity contribution in [2.24, 2.45) is 11.3 Å². The van der Waals surface area contributed by atoms with Crippen LogP contribution < -0.4 is 0 Å². The zero-order chi connectivity index (χ0) is 10.6. The Labute approximate surface area is 88.4 Å². The number of hydrogen-bond acceptors (Lipinski definition) is 4. The van der Waals surface area contributed by atoms with E-state index in [1.807, 2.05) is 19.2 Å². The van der Waals surface area contributed by atoms with Crippen LogP contribution in [0.25, 0.3) is 0 Å². The van der Waals surface area contributed by atoms with Crippen LogP contribution in [0.3, 0.4) is 0 Å². The largest absolute Gasteiger partial charge is 0.396 e. The smallest absolute Gasteiger partial charge is 0.0932 e. The molecule has 4 heteroatoms. The molecule has 0 aliphatic heterocycles. The Kier molecular flexibility index (Phi) is 4.04. The van der Waals surface area contributed by atoms with E-state index in [1.54, 1.807) is 17.5 Å². The van der Waals surface area contributed by atoms with Gasteiger partial charge in [0.2, 0.25) is 0 Å². The van der Waals surface area contributed by atoms with Gasteiger partial charge in [-0.05, 0) is 5.92 Å². The third kappa shape index (κ3) is 2.32. The van der Waals surface area contributed by atoms with E-state index < -0.39 is 5.41 Å². The third-order valence-electron chi connectivity index (χ3n) is 2.84. The molecule has 2 N–H and O–H groups in total. The lowest BCUT2D eigenvalue weighted by Gasteiger charge is -2.33. The first-order valence-electron chi connectivity index (χ1n) is 4.75. The Balaban J connectivity index is 2.78. The number of nitrogens with zero attached hydrogens (tertiary/aromatic N) is 1. The number of rotatable bonds is 5. The number of thiazole rings is 1. The van der Waals surface area contributed by atoms with Crippen LogP contribution in [0, 0.1) is 11.3 Å². The molecule has 0 fully saturated rings. The van der Waals surface area contributed by atoms with Gasteiger partial charge < -0.3 is 10.2 Å². The summed E-state index contributed by atoms with van der Waals surface area (Å²) in [5.74, 6) is 0.237. The fourth-order valence-electron chi connectivity index (χ4n) is 1.37. The fraction of sp³-hybridized carbons (Fsp3) is 0.700. The van der Waals surface area contributed by atoms with Crippen molar-refractivity contribution in [3.8, 4) is 0 Å². The summed E-state index contributed by atoms with van der Waals surface area (Å²) < 4.78 is 0. The number of aromatic nitrogens is 1. The van der Waals surface area contributed by atoms with Crippen molar-refractivity contribution < 1.29 is 10.2 Å². The second-order valence-corrected chi connectivity index (χ2v) is 4.92. The Bertz CT molecular complexity index is 255. The van der Waals surface area contributed by atoms with E-state index in [1.165, 1.54) is 0 Å². The van der Waals surface area contributed by atoms with Gasteiger partial charge in [-0.15, -0.1) is 11.3 Å². The van der Waals surface area contributed by atoms with Crippen molar-refractivity contribution in [3.05, 3.63) is 16.6 Å². The maximum atomic E-state index is 9.36. The summed E-state index contributed by atoms with van der Waals surface area (Å²) in [7, 11) is 0. The molecule has 0 atom stereocenters. The molecule has 1 aromatic rings. The van der Waals surface area contributed by atoms with Crippen molar-refractivity contribution in [1.82, 2.24) is 4.98 Å². The SMILES string of the molecule is CC(C)C(CO)(CO)Cc1nccs1. The molecule has 0 radical (unpaired) electrons. The molecule has 0 amide bonds. The summed E-state index contributed by atoms with van der Waals surface area (Å²) in [6.45, 7) is 4.03. The van der Waals surface area contributed by atoms with Gasteiger partial charge in [0, 0.05) is 23.4 Å². The predicted octanol–water partition coefficient (Wildman–Crippen LogP) is 1.31. The van der Waals surface area contributed by atoms with Gasteiger partial charge >= 0.3 is 0 Å².